The lowest BCUT2D eigenvalue weighted by molar-refractivity contribution is 0.0145. The summed E-state index contributed by atoms with van der Waals surface area (Å²) >= 11 is 9.30. The van der Waals surface area contributed by atoms with Gasteiger partial charge in [-0.25, -0.2) is 4.79 Å². The number of hydrogen-bond acceptors (Lipinski definition) is 2. The smallest absolute Gasteiger partial charge is 0.410 e. The molecule has 19 heavy (non-hydrogen) atoms. The Bertz CT molecular complexity index is 463. The second kappa shape index (κ2) is 6.62. The quantitative estimate of drug-likeness (QED) is 0.777. The monoisotopic (exact) mass is 347 g/mol. The van der Waals surface area contributed by atoms with Gasteiger partial charge in [0.05, 0.1) is 5.02 Å². The third-order valence-corrected chi connectivity index (χ3v) is 4.14. The molecule has 0 unspecified atom stereocenters. The maximum Gasteiger partial charge on any atom is 0.410 e. The Morgan fingerprint density at radius 2 is 2.11 bits per heavy atom. The van der Waals surface area contributed by atoms with Crippen molar-refractivity contribution in [3.05, 3.63) is 33.3 Å². The number of benzene rings is 1. The summed E-state index contributed by atoms with van der Waals surface area (Å²) in [5.41, 5.74) is 0.552. The molecule has 1 amide bonds. The van der Waals surface area contributed by atoms with Gasteiger partial charge in [-0.15, -0.1) is 0 Å². The van der Waals surface area contributed by atoms with Crippen LogP contribution in [0.1, 0.15) is 32.8 Å². The van der Waals surface area contributed by atoms with Gasteiger partial charge < -0.3 is 9.64 Å². The van der Waals surface area contributed by atoms with Crippen molar-refractivity contribution in [1.82, 2.24) is 4.90 Å². The molecule has 0 saturated carbocycles. The van der Waals surface area contributed by atoms with E-state index >= 15 is 0 Å². The zero-order valence-corrected chi connectivity index (χ0v) is 14.0. The molecule has 0 atom stereocenters. The molecular formula is C14H19BrClNO2. The molecule has 106 valence electrons. The SMILES string of the molecule is CCC(C)(C)OC(=O)N(C)Cc1ccc(Cl)c(Br)c1. The van der Waals surface area contributed by atoms with E-state index < -0.39 is 5.60 Å². The molecule has 0 spiro atoms. The Balaban J connectivity index is 2.66. The highest BCUT2D eigenvalue weighted by Crippen LogP contribution is 2.24. The first-order chi connectivity index (χ1) is 8.75. The maximum atomic E-state index is 11.9. The average molecular weight is 349 g/mol. The number of carbonyl (C=O) groups excluding carboxylic acids is 1. The highest BCUT2D eigenvalue weighted by atomic mass is 79.9. The fourth-order valence-electron chi connectivity index (χ4n) is 1.36. The Hall–Kier alpha value is -0.740. The van der Waals surface area contributed by atoms with Gasteiger partial charge in [0.2, 0.25) is 0 Å². The largest absolute Gasteiger partial charge is 0.443 e. The average Bonchev–Trinajstić information content (AvgIpc) is 2.33. The molecule has 0 aliphatic heterocycles. The Kier molecular flexibility index (Phi) is 5.68. The van der Waals surface area contributed by atoms with E-state index in [1.165, 1.54) is 0 Å². The fraction of sp³-hybridized carbons (Fsp3) is 0.500. The van der Waals surface area contributed by atoms with Gasteiger partial charge in [0.15, 0.2) is 0 Å². The highest BCUT2D eigenvalue weighted by molar-refractivity contribution is 9.10. The summed E-state index contributed by atoms with van der Waals surface area (Å²) in [6, 6.07) is 5.59. The first-order valence-electron chi connectivity index (χ1n) is 6.13. The predicted molar refractivity (Wildman–Crippen MR) is 81.5 cm³/mol. The third-order valence-electron chi connectivity index (χ3n) is 2.93. The van der Waals surface area contributed by atoms with Crippen molar-refractivity contribution in [1.29, 1.82) is 0 Å². The van der Waals surface area contributed by atoms with E-state index in [1.54, 1.807) is 18.0 Å². The molecular weight excluding hydrogens is 330 g/mol. The van der Waals surface area contributed by atoms with Crippen LogP contribution in [0.15, 0.2) is 22.7 Å². The molecule has 1 rings (SSSR count). The fourth-order valence-corrected chi connectivity index (χ4v) is 1.91. The van der Waals surface area contributed by atoms with E-state index in [9.17, 15) is 4.79 Å². The lowest BCUT2D eigenvalue weighted by atomic mass is 10.1. The number of carbonyl (C=O) groups is 1. The summed E-state index contributed by atoms with van der Waals surface area (Å²) in [5, 5.41) is 0.654. The van der Waals surface area contributed by atoms with Crippen LogP contribution in [0.2, 0.25) is 5.02 Å². The molecule has 1 aromatic rings. The summed E-state index contributed by atoms with van der Waals surface area (Å²) in [6.45, 7) is 6.27. The lowest BCUT2D eigenvalue weighted by Gasteiger charge is -2.27. The minimum Gasteiger partial charge on any atom is -0.443 e. The Morgan fingerprint density at radius 3 is 2.63 bits per heavy atom. The Morgan fingerprint density at radius 1 is 1.47 bits per heavy atom. The van der Waals surface area contributed by atoms with Crippen LogP contribution in [0.4, 0.5) is 4.79 Å². The zero-order chi connectivity index (χ0) is 14.6. The molecule has 0 N–H and O–H groups in total. The van der Waals surface area contributed by atoms with Crippen molar-refractivity contribution < 1.29 is 9.53 Å². The maximum absolute atomic E-state index is 11.9. The van der Waals surface area contributed by atoms with Crippen LogP contribution in [-0.4, -0.2) is 23.6 Å². The number of rotatable bonds is 4. The topological polar surface area (TPSA) is 29.5 Å². The first-order valence-corrected chi connectivity index (χ1v) is 7.30. The predicted octanol–water partition coefficient (Wildman–Crippen LogP) is 4.86. The second-order valence-electron chi connectivity index (χ2n) is 5.09. The van der Waals surface area contributed by atoms with Crippen molar-refractivity contribution in [3.8, 4) is 0 Å². The van der Waals surface area contributed by atoms with Crippen molar-refractivity contribution in [3.63, 3.8) is 0 Å². The number of ether oxygens (including phenoxy) is 1. The van der Waals surface area contributed by atoms with Gasteiger partial charge in [0.1, 0.15) is 5.60 Å². The number of halogens is 2. The van der Waals surface area contributed by atoms with E-state index in [1.807, 2.05) is 32.9 Å². The van der Waals surface area contributed by atoms with E-state index in [0.29, 0.717) is 11.6 Å². The van der Waals surface area contributed by atoms with Crippen molar-refractivity contribution in [2.45, 2.75) is 39.3 Å². The van der Waals surface area contributed by atoms with Gasteiger partial charge in [-0.3, -0.25) is 0 Å². The molecule has 1 aromatic carbocycles. The van der Waals surface area contributed by atoms with Gasteiger partial charge in [-0.05, 0) is 53.9 Å². The van der Waals surface area contributed by atoms with Gasteiger partial charge in [0.25, 0.3) is 0 Å². The molecule has 0 heterocycles. The molecule has 0 radical (unpaired) electrons. The van der Waals surface area contributed by atoms with Crippen LogP contribution in [0.5, 0.6) is 0 Å². The third kappa shape index (κ3) is 5.03. The lowest BCUT2D eigenvalue weighted by Crippen LogP contribution is -2.35. The van der Waals surface area contributed by atoms with Crippen LogP contribution in [0.3, 0.4) is 0 Å². The molecule has 0 aliphatic rings. The molecule has 0 fully saturated rings. The minimum atomic E-state index is -0.439. The molecule has 0 aromatic heterocycles. The van der Waals surface area contributed by atoms with Crippen LogP contribution in [0.25, 0.3) is 0 Å². The van der Waals surface area contributed by atoms with Gasteiger partial charge >= 0.3 is 6.09 Å². The van der Waals surface area contributed by atoms with Crippen molar-refractivity contribution in [2.75, 3.05) is 7.05 Å². The molecule has 5 heteroatoms. The van der Waals surface area contributed by atoms with Crippen molar-refractivity contribution >= 4 is 33.6 Å². The summed E-state index contributed by atoms with van der Waals surface area (Å²) in [4.78, 5) is 13.5. The number of amides is 1. The minimum absolute atomic E-state index is 0.321. The van der Waals surface area contributed by atoms with Crippen LogP contribution in [0, 0.1) is 0 Å². The molecule has 0 saturated heterocycles. The van der Waals surface area contributed by atoms with Crippen LogP contribution in [-0.2, 0) is 11.3 Å². The van der Waals surface area contributed by atoms with Crippen LogP contribution < -0.4 is 0 Å². The molecule has 0 aliphatic carbocycles. The van der Waals surface area contributed by atoms with E-state index in [4.69, 9.17) is 16.3 Å². The van der Waals surface area contributed by atoms with Crippen LogP contribution >= 0.6 is 27.5 Å². The number of hydrogen-bond donors (Lipinski definition) is 0. The normalized spacial score (nSPS) is 11.3. The van der Waals surface area contributed by atoms with Gasteiger partial charge in [-0.2, -0.15) is 0 Å². The highest BCUT2D eigenvalue weighted by Gasteiger charge is 2.22. The van der Waals surface area contributed by atoms with Gasteiger partial charge in [0, 0.05) is 18.1 Å². The number of nitrogens with zero attached hydrogens (tertiary/aromatic N) is 1. The van der Waals surface area contributed by atoms with E-state index in [2.05, 4.69) is 15.9 Å². The second-order valence-corrected chi connectivity index (χ2v) is 6.35. The van der Waals surface area contributed by atoms with E-state index in [-0.39, 0.29) is 6.09 Å². The summed E-state index contributed by atoms with van der Waals surface area (Å²) in [5.74, 6) is 0. The molecule has 0 bridgehead atoms. The van der Waals surface area contributed by atoms with E-state index in [0.717, 1.165) is 16.5 Å². The summed E-state index contributed by atoms with van der Waals surface area (Å²) in [7, 11) is 1.72. The van der Waals surface area contributed by atoms with Gasteiger partial charge in [-0.1, -0.05) is 24.6 Å². The Labute approximate surface area is 128 Å². The van der Waals surface area contributed by atoms with Crippen molar-refractivity contribution in [2.24, 2.45) is 0 Å². The first kappa shape index (κ1) is 16.3. The zero-order valence-electron chi connectivity index (χ0n) is 11.7. The summed E-state index contributed by atoms with van der Waals surface area (Å²) in [6.07, 6.45) is 0.455. The molecule has 3 nitrogen and oxygen atoms in total. The summed E-state index contributed by atoms with van der Waals surface area (Å²) < 4.78 is 6.25. The standard InChI is InChI=1S/C14H19BrClNO2/c1-5-14(2,3)19-13(18)17(4)9-10-6-7-12(16)11(15)8-10/h6-8H,5,9H2,1-4H3.